The number of nitrogens with zero attached hydrogens (tertiary/aromatic N) is 2. The molecule has 0 N–H and O–H groups in total. The molecule has 0 saturated carbocycles. The Morgan fingerprint density at radius 2 is 1.74 bits per heavy atom. The van der Waals surface area contributed by atoms with Gasteiger partial charge in [-0.1, -0.05) is 12.1 Å². The van der Waals surface area contributed by atoms with Crippen LogP contribution in [0.15, 0.2) is 48.5 Å². The van der Waals surface area contributed by atoms with Gasteiger partial charge in [-0.15, -0.1) is 0 Å². The van der Waals surface area contributed by atoms with Gasteiger partial charge in [0.05, 0.1) is 17.6 Å². The van der Waals surface area contributed by atoms with E-state index >= 15 is 0 Å². The van der Waals surface area contributed by atoms with Crippen LogP contribution in [0.5, 0.6) is 11.5 Å². The third-order valence-corrected chi connectivity index (χ3v) is 4.56. The van der Waals surface area contributed by atoms with Crippen molar-refractivity contribution in [2.45, 2.75) is 25.8 Å². The van der Waals surface area contributed by atoms with E-state index in [0.29, 0.717) is 18.9 Å². The van der Waals surface area contributed by atoms with Crippen molar-refractivity contribution in [2.24, 2.45) is 0 Å². The Morgan fingerprint density at radius 3 is 2.37 bits per heavy atom. The summed E-state index contributed by atoms with van der Waals surface area (Å²) < 4.78 is 11.0. The van der Waals surface area contributed by atoms with E-state index in [4.69, 9.17) is 9.47 Å². The van der Waals surface area contributed by atoms with Crippen LogP contribution in [0.25, 0.3) is 0 Å². The lowest BCUT2D eigenvalue weighted by molar-refractivity contribution is -0.384. The Morgan fingerprint density at radius 1 is 1.11 bits per heavy atom. The molecule has 1 atom stereocenters. The summed E-state index contributed by atoms with van der Waals surface area (Å²) in [5.41, 5.74) is 1.07. The zero-order valence-corrected chi connectivity index (χ0v) is 15.2. The fraction of sp³-hybridized carbons (Fsp3) is 0.350. The molecule has 1 heterocycles. The van der Waals surface area contributed by atoms with Crippen molar-refractivity contribution in [3.05, 3.63) is 64.2 Å². The molecule has 0 radical (unpaired) electrons. The number of non-ortho nitro benzene ring substituents is 1. The minimum absolute atomic E-state index is 0.0104. The minimum Gasteiger partial charge on any atom is -0.494 e. The first-order valence-electron chi connectivity index (χ1n) is 8.98. The predicted molar refractivity (Wildman–Crippen MR) is 99.9 cm³/mol. The monoisotopic (exact) mass is 370 g/mol. The van der Waals surface area contributed by atoms with Crippen LogP contribution in [0.1, 0.15) is 31.4 Å². The van der Waals surface area contributed by atoms with E-state index in [9.17, 15) is 14.9 Å². The topological polar surface area (TPSA) is 81.9 Å². The number of carbonyl (C=O) groups is 1. The Hall–Kier alpha value is -3.09. The van der Waals surface area contributed by atoms with Crippen molar-refractivity contribution in [3.8, 4) is 11.5 Å². The maximum Gasteiger partial charge on any atom is 0.269 e. The summed E-state index contributed by atoms with van der Waals surface area (Å²) in [4.78, 5) is 24.7. The number of ether oxygens (including phenoxy) is 2. The summed E-state index contributed by atoms with van der Waals surface area (Å²) in [6, 6.07) is 13.6. The van der Waals surface area contributed by atoms with Crippen LogP contribution in [0.2, 0.25) is 0 Å². The number of likely N-dealkylation sites (tertiary alicyclic amines) is 1. The zero-order valence-electron chi connectivity index (χ0n) is 15.2. The summed E-state index contributed by atoms with van der Waals surface area (Å²) in [7, 11) is 0. The van der Waals surface area contributed by atoms with Gasteiger partial charge in [0.25, 0.3) is 11.6 Å². The fourth-order valence-electron chi connectivity index (χ4n) is 3.26. The fourth-order valence-corrected chi connectivity index (χ4v) is 3.26. The van der Waals surface area contributed by atoms with Crippen LogP contribution in [-0.4, -0.2) is 35.5 Å². The second-order valence-corrected chi connectivity index (χ2v) is 6.29. The molecular formula is C20H22N2O5. The maximum absolute atomic E-state index is 12.6. The first-order valence-corrected chi connectivity index (χ1v) is 8.98. The molecule has 2 aromatic rings. The lowest BCUT2D eigenvalue weighted by atomic mass is 10.0. The summed E-state index contributed by atoms with van der Waals surface area (Å²) in [6.07, 6.45) is 1.86. The van der Waals surface area contributed by atoms with Crippen LogP contribution in [0, 0.1) is 10.1 Å². The smallest absolute Gasteiger partial charge is 0.269 e. The molecule has 1 aliphatic rings. The van der Waals surface area contributed by atoms with Crippen molar-refractivity contribution in [1.82, 2.24) is 4.90 Å². The molecule has 1 fully saturated rings. The van der Waals surface area contributed by atoms with Gasteiger partial charge >= 0.3 is 0 Å². The number of rotatable bonds is 7. The Labute approximate surface area is 157 Å². The number of amides is 1. The SMILES string of the molecule is CCOc1ccc(C2CCCN2C(=O)COc2ccc([N+](=O)[O-])cc2)cc1. The van der Waals surface area contributed by atoms with Crippen LogP contribution in [-0.2, 0) is 4.79 Å². The molecule has 3 rings (SSSR count). The third-order valence-electron chi connectivity index (χ3n) is 4.56. The zero-order chi connectivity index (χ0) is 19.2. The van der Waals surface area contributed by atoms with E-state index in [1.54, 1.807) is 0 Å². The molecule has 0 bridgehead atoms. The number of carbonyl (C=O) groups excluding carboxylic acids is 1. The van der Waals surface area contributed by atoms with E-state index in [2.05, 4.69) is 0 Å². The first-order chi connectivity index (χ1) is 13.1. The molecular weight excluding hydrogens is 348 g/mol. The number of hydrogen-bond donors (Lipinski definition) is 0. The average molecular weight is 370 g/mol. The number of hydrogen-bond acceptors (Lipinski definition) is 5. The van der Waals surface area contributed by atoms with E-state index in [0.717, 1.165) is 24.2 Å². The molecule has 7 heteroatoms. The highest BCUT2D eigenvalue weighted by Gasteiger charge is 2.30. The minimum atomic E-state index is -0.472. The highest BCUT2D eigenvalue weighted by molar-refractivity contribution is 5.78. The van der Waals surface area contributed by atoms with Crippen molar-refractivity contribution in [3.63, 3.8) is 0 Å². The van der Waals surface area contributed by atoms with Gasteiger partial charge in [-0.25, -0.2) is 0 Å². The van der Waals surface area contributed by atoms with Crippen LogP contribution >= 0.6 is 0 Å². The first kappa shape index (κ1) is 18.7. The molecule has 0 aliphatic carbocycles. The van der Waals surface area contributed by atoms with Crippen LogP contribution in [0.4, 0.5) is 5.69 Å². The van der Waals surface area contributed by atoms with Gasteiger partial charge in [-0.3, -0.25) is 14.9 Å². The van der Waals surface area contributed by atoms with E-state index in [1.807, 2.05) is 36.1 Å². The van der Waals surface area contributed by atoms with Gasteiger partial charge in [0.2, 0.25) is 0 Å². The van der Waals surface area contributed by atoms with Crippen molar-refractivity contribution >= 4 is 11.6 Å². The number of benzene rings is 2. The van der Waals surface area contributed by atoms with Gasteiger partial charge in [0, 0.05) is 18.7 Å². The average Bonchev–Trinajstić information content (AvgIpc) is 3.17. The molecule has 1 aliphatic heterocycles. The van der Waals surface area contributed by atoms with Crippen molar-refractivity contribution in [2.75, 3.05) is 19.8 Å². The van der Waals surface area contributed by atoms with Crippen molar-refractivity contribution < 1.29 is 19.2 Å². The van der Waals surface area contributed by atoms with Gasteiger partial charge in [-0.05, 0) is 49.6 Å². The number of nitro groups is 1. The second kappa shape index (κ2) is 8.53. The van der Waals surface area contributed by atoms with E-state index < -0.39 is 4.92 Å². The lowest BCUT2D eigenvalue weighted by Crippen LogP contribution is -2.34. The molecule has 1 amide bonds. The lowest BCUT2D eigenvalue weighted by Gasteiger charge is -2.25. The van der Waals surface area contributed by atoms with Crippen LogP contribution < -0.4 is 9.47 Å². The Bertz CT molecular complexity index is 789. The highest BCUT2D eigenvalue weighted by atomic mass is 16.6. The Kier molecular flexibility index (Phi) is 5.90. The molecule has 1 saturated heterocycles. The maximum atomic E-state index is 12.6. The predicted octanol–water partition coefficient (Wildman–Crippen LogP) is 3.74. The van der Waals surface area contributed by atoms with Gasteiger partial charge in [0.1, 0.15) is 11.5 Å². The Balaban J connectivity index is 1.60. The standard InChI is InChI=1S/C20H22N2O5/c1-2-26-17-9-5-15(6-10-17)19-4-3-13-21(19)20(23)14-27-18-11-7-16(8-12-18)22(24)25/h5-12,19H,2-4,13-14H2,1H3. The largest absolute Gasteiger partial charge is 0.494 e. The molecule has 0 aromatic heterocycles. The molecule has 142 valence electrons. The van der Waals surface area contributed by atoms with Crippen LogP contribution in [0.3, 0.4) is 0 Å². The summed E-state index contributed by atoms with van der Waals surface area (Å²) in [5.74, 6) is 1.16. The molecule has 7 nitrogen and oxygen atoms in total. The van der Waals surface area contributed by atoms with E-state index in [-0.39, 0.29) is 24.2 Å². The number of nitro benzene ring substituents is 1. The molecule has 1 unspecified atom stereocenters. The van der Waals surface area contributed by atoms with E-state index in [1.165, 1.54) is 24.3 Å². The van der Waals surface area contributed by atoms with Gasteiger partial charge in [0.15, 0.2) is 6.61 Å². The summed E-state index contributed by atoms with van der Waals surface area (Å²) >= 11 is 0. The summed E-state index contributed by atoms with van der Waals surface area (Å²) in [6.45, 7) is 3.16. The normalized spacial score (nSPS) is 16.2. The van der Waals surface area contributed by atoms with Crippen molar-refractivity contribution in [1.29, 1.82) is 0 Å². The highest BCUT2D eigenvalue weighted by Crippen LogP contribution is 2.33. The molecule has 27 heavy (non-hydrogen) atoms. The van der Waals surface area contributed by atoms with Gasteiger partial charge in [-0.2, -0.15) is 0 Å². The molecule has 2 aromatic carbocycles. The second-order valence-electron chi connectivity index (χ2n) is 6.29. The van der Waals surface area contributed by atoms with Gasteiger partial charge < -0.3 is 14.4 Å². The quantitative estimate of drug-likeness (QED) is 0.548. The molecule has 0 spiro atoms. The third kappa shape index (κ3) is 4.55. The summed E-state index contributed by atoms with van der Waals surface area (Å²) in [5, 5.41) is 10.7.